The van der Waals surface area contributed by atoms with E-state index in [1.807, 2.05) is 38.1 Å². The van der Waals surface area contributed by atoms with E-state index in [2.05, 4.69) is 10.3 Å². The number of anilines is 3. The highest BCUT2D eigenvalue weighted by Gasteiger charge is 2.27. The zero-order valence-electron chi connectivity index (χ0n) is 19.9. The van der Waals surface area contributed by atoms with Crippen molar-refractivity contribution in [3.05, 3.63) is 60.4 Å². The number of carbonyl (C=O) groups excluding carboxylic acids is 1. The zero-order chi connectivity index (χ0) is 24.7. The summed E-state index contributed by atoms with van der Waals surface area (Å²) < 4.78 is 24.0. The summed E-state index contributed by atoms with van der Waals surface area (Å²) in [5, 5.41) is 3.80. The number of hydrogen-bond donors (Lipinski definition) is 1. The summed E-state index contributed by atoms with van der Waals surface area (Å²) in [5.74, 6) is 1.14. The van der Waals surface area contributed by atoms with Crippen molar-refractivity contribution in [2.45, 2.75) is 36.2 Å². The first-order chi connectivity index (χ1) is 16.3. The summed E-state index contributed by atoms with van der Waals surface area (Å²) in [4.78, 5) is 24.5. The van der Waals surface area contributed by atoms with Gasteiger partial charge in [0.1, 0.15) is 28.5 Å². The lowest BCUT2D eigenvalue weighted by Crippen LogP contribution is -2.41. The van der Waals surface area contributed by atoms with Gasteiger partial charge in [-0.25, -0.2) is 14.2 Å². The first-order valence-corrected chi connectivity index (χ1v) is 11.6. The third-order valence-corrected chi connectivity index (χ3v) is 5.95. The molecule has 180 valence electrons. The minimum absolute atomic E-state index is 0.258. The lowest BCUT2D eigenvalue weighted by atomic mass is 10.0. The highest BCUT2D eigenvalue weighted by Crippen LogP contribution is 2.31. The van der Waals surface area contributed by atoms with Gasteiger partial charge in [-0.15, -0.1) is 0 Å². The molecule has 0 aliphatic heterocycles. The minimum Gasteiger partial charge on any atom is -0.497 e. The van der Waals surface area contributed by atoms with Crippen LogP contribution in [0.1, 0.15) is 20.3 Å². The van der Waals surface area contributed by atoms with Crippen molar-refractivity contribution < 1.29 is 18.7 Å². The summed E-state index contributed by atoms with van der Waals surface area (Å²) in [6.07, 6.45) is 0.578. The molecule has 0 spiro atoms. The summed E-state index contributed by atoms with van der Waals surface area (Å²) >= 11 is 1.44. The number of nitrogens with one attached hydrogen (secondary N) is 1. The maximum Gasteiger partial charge on any atom is 0.328 e. The first kappa shape index (κ1) is 25.3. The average Bonchev–Trinajstić information content (AvgIpc) is 2.82. The van der Waals surface area contributed by atoms with Crippen LogP contribution in [-0.4, -0.2) is 43.2 Å². The zero-order valence-corrected chi connectivity index (χ0v) is 20.7. The molecule has 7 nitrogen and oxygen atoms in total. The van der Waals surface area contributed by atoms with Crippen LogP contribution in [0.5, 0.6) is 5.75 Å². The van der Waals surface area contributed by atoms with E-state index >= 15 is 0 Å². The van der Waals surface area contributed by atoms with Crippen LogP contribution in [0, 0.1) is 11.7 Å². The van der Waals surface area contributed by atoms with Gasteiger partial charge >= 0.3 is 5.97 Å². The molecule has 1 atom stereocenters. The van der Waals surface area contributed by atoms with Crippen LogP contribution in [-0.2, 0) is 9.53 Å². The number of esters is 1. The van der Waals surface area contributed by atoms with E-state index in [4.69, 9.17) is 14.5 Å². The monoisotopic (exact) mass is 484 g/mol. The van der Waals surface area contributed by atoms with Crippen molar-refractivity contribution in [2.75, 3.05) is 31.5 Å². The van der Waals surface area contributed by atoms with Crippen molar-refractivity contribution in [2.24, 2.45) is 5.92 Å². The Kier molecular flexibility index (Phi) is 8.70. The van der Waals surface area contributed by atoms with E-state index in [-0.39, 0.29) is 17.7 Å². The SMILES string of the molecule is COC(=O)C(CC(C)C)N(C)c1nc(Nc2cccc(F)c2)cc(Sc2ccc(OC)cc2)n1. The Hall–Kier alpha value is -3.33. The van der Waals surface area contributed by atoms with Crippen LogP contribution >= 0.6 is 11.8 Å². The second kappa shape index (κ2) is 11.7. The van der Waals surface area contributed by atoms with E-state index in [1.54, 1.807) is 37.3 Å². The number of methoxy groups -OCH3 is 2. The molecule has 1 unspecified atom stereocenters. The molecule has 9 heteroatoms. The van der Waals surface area contributed by atoms with Crippen molar-refractivity contribution >= 4 is 35.2 Å². The van der Waals surface area contributed by atoms with Gasteiger partial charge in [0.25, 0.3) is 0 Å². The summed E-state index contributed by atoms with van der Waals surface area (Å²) in [7, 11) is 4.76. The van der Waals surface area contributed by atoms with E-state index in [0.29, 0.717) is 28.9 Å². The lowest BCUT2D eigenvalue weighted by Gasteiger charge is -2.28. The molecule has 0 saturated carbocycles. The predicted molar refractivity (Wildman–Crippen MR) is 132 cm³/mol. The fourth-order valence-electron chi connectivity index (χ4n) is 3.30. The molecule has 0 radical (unpaired) electrons. The van der Waals surface area contributed by atoms with Gasteiger partial charge in [0.2, 0.25) is 5.95 Å². The quantitative estimate of drug-likeness (QED) is 0.297. The van der Waals surface area contributed by atoms with Crippen LogP contribution < -0.4 is 15.0 Å². The number of aromatic nitrogens is 2. The average molecular weight is 485 g/mol. The van der Waals surface area contributed by atoms with Crippen LogP contribution in [0.15, 0.2) is 64.5 Å². The summed E-state index contributed by atoms with van der Waals surface area (Å²) in [5.41, 5.74) is 0.555. The first-order valence-electron chi connectivity index (χ1n) is 10.8. The lowest BCUT2D eigenvalue weighted by molar-refractivity contribution is -0.142. The Morgan fingerprint density at radius 2 is 1.85 bits per heavy atom. The number of likely N-dealkylation sites (N-methyl/N-ethyl adjacent to an activating group) is 1. The van der Waals surface area contributed by atoms with Gasteiger partial charge in [0.05, 0.1) is 14.2 Å². The molecule has 1 aromatic heterocycles. The number of benzene rings is 2. The fraction of sp³-hybridized carbons (Fsp3) is 0.320. The Balaban J connectivity index is 1.98. The van der Waals surface area contributed by atoms with Crippen LogP contribution in [0.3, 0.4) is 0 Å². The molecule has 0 aliphatic carbocycles. The predicted octanol–water partition coefficient (Wildman–Crippen LogP) is 5.54. The second-order valence-electron chi connectivity index (χ2n) is 8.08. The number of hydrogen-bond acceptors (Lipinski definition) is 8. The third kappa shape index (κ3) is 6.84. The maximum atomic E-state index is 13.7. The van der Waals surface area contributed by atoms with Gasteiger partial charge in [-0.1, -0.05) is 31.7 Å². The molecule has 0 amide bonds. The van der Waals surface area contributed by atoms with Gasteiger partial charge in [0.15, 0.2) is 0 Å². The maximum absolute atomic E-state index is 13.7. The van der Waals surface area contributed by atoms with Crippen molar-refractivity contribution in [3.63, 3.8) is 0 Å². The van der Waals surface area contributed by atoms with Gasteiger partial charge < -0.3 is 19.7 Å². The molecule has 3 aromatic rings. The Morgan fingerprint density at radius 1 is 1.12 bits per heavy atom. The van der Waals surface area contributed by atoms with E-state index in [9.17, 15) is 9.18 Å². The number of ether oxygens (including phenoxy) is 2. The molecule has 3 rings (SSSR count). The van der Waals surface area contributed by atoms with Gasteiger partial charge in [-0.05, 0) is 54.8 Å². The Bertz CT molecular complexity index is 1110. The molecule has 0 bridgehead atoms. The molecule has 34 heavy (non-hydrogen) atoms. The van der Waals surface area contributed by atoms with E-state index < -0.39 is 6.04 Å². The van der Waals surface area contributed by atoms with Crippen molar-refractivity contribution in [3.8, 4) is 5.75 Å². The minimum atomic E-state index is -0.548. The summed E-state index contributed by atoms with van der Waals surface area (Å²) in [6, 6.07) is 15.0. The van der Waals surface area contributed by atoms with Crippen molar-refractivity contribution in [1.82, 2.24) is 9.97 Å². The van der Waals surface area contributed by atoms with Crippen molar-refractivity contribution in [1.29, 1.82) is 0 Å². The van der Waals surface area contributed by atoms with Gasteiger partial charge in [-0.3, -0.25) is 0 Å². The van der Waals surface area contributed by atoms with Crippen LogP contribution in [0.4, 0.5) is 21.8 Å². The fourth-order valence-corrected chi connectivity index (χ4v) is 4.11. The number of halogens is 1. The molecule has 1 N–H and O–H groups in total. The summed E-state index contributed by atoms with van der Waals surface area (Å²) in [6.45, 7) is 4.08. The molecule has 0 aliphatic rings. The van der Waals surface area contributed by atoms with E-state index in [1.165, 1.54) is 31.0 Å². The normalized spacial score (nSPS) is 11.7. The number of carbonyl (C=O) groups is 1. The number of rotatable bonds is 10. The Labute approximate surface area is 203 Å². The second-order valence-corrected chi connectivity index (χ2v) is 9.18. The van der Waals surface area contributed by atoms with Crippen LogP contribution in [0.2, 0.25) is 0 Å². The van der Waals surface area contributed by atoms with Gasteiger partial charge in [-0.2, -0.15) is 4.98 Å². The van der Waals surface area contributed by atoms with Gasteiger partial charge in [0, 0.05) is 23.7 Å². The molecule has 1 heterocycles. The largest absolute Gasteiger partial charge is 0.497 e. The topological polar surface area (TPSA) is 76.6 Å². The molecular weight excluding hydrogens is 455 g/mol. The number of nitrogens with zero attached hydrogens (tertiary/aromatic N) is 3. The highest BCUT2D eigenvalue weighted by molar-refractivity contribution is 7.99. The smallest absolute Gasteiger partial charge is 0.328 e. The Morgan fingerprint density at radius 3 is 2.47 bits per heavy atom. The molecule has 2 aromatic carbocycles. The van der Waals surface area contributed by atoms with E-state index in [0.717, 1.165) is 10.6 Å². The standard InChI is InChI=1S/C25H29FN4O3S/c1-16(2)13-21(24(31)33-5)30(3)25-28-22(27-18-8-6-7-17(26)14-18)15-23(29-25)34-20-11-9-19(32-4)10-12-20/h6-12,14-16,21H,13H2,1-5H3,(H,27,28,29). The molecule has 0 saturated heterocycles. The van der Waals surface area contributed by atoms with Crippen LogP contribution in [0.25, 0.3) is 0 Å². The molecular formula is C25H29FN4O3S. The molecule has 0 fully saturated rings. The third-order valence-electron chi connectivity index (χ3n) is 5.02. The highest BCUT2D eigenvalue weighted by atomic mass is 32.2.